The van der Waals surface area contributed by atoms with Crippen molar-refractivity contribution in [2.24, 2.45) is 7.05 Å². The quantitative estimate of drug-likeness (QED) is 0.550. The van der Waals surface area contributed by atoms with Crippen LogP contribution in [-0.2, 0) is 24.7 Å². The average Bonchev–Trinajstić information content (AvgIpc) is 3.31. The Morgan fingerprint density at radius 3 is 2.87 bits per heavy atom. The number of aryl methyl sites for hydroxylation is 1. The number of anilines is 2. The largest absolute Gasteiger partial charge is 0.383 e. The Hall–Kier alpha value is -3.45. The van der Waals surface area contributed by atoms with Gasteiger partial charge in [-0.3, -0.25) is 4.79 Å². The van der Waals surface area contributed by atoms with Gasteiger partial charge >= 0.3 is 0 Å². The highest BCUT2D eigenvalue weighted by atomic mass is 35.5. The molecule has 0 spiro atoms. The van der Waals surface area contributed by atoms with Gasteiger partial charge in [0.1, 0.15) is 17.8 Å². The maximum Gasteiger partial charge on any atom is 0.231 e. The van der Waals surface area contributed by atoms with E-state index in [9.17, 15) is 4.79 Å². The van der Waals surface area contributed by atoms with Crippen molar-refractivity contribution in [3.05, 3.63) is 64.9 Å². The van der Waals surface area contributed by atoms with E-state index in [1.165, 1.54) is 6.33 Å². The van der Waals surface area contributed by atoms with Gasteiger partial charge in [-0.25, -0.2) is 14.6 Å². The van der Waals surface area contributed by atoms with Gasteiger partial charge in [-0.15, -0.1) is 0 Å². The third-order valence-corrected chi connectivity index (χ3v) is 5.87. The van der Waals surface area contributed by atoms with Crippen molar-refractivity contribution in [3.63, 3.8) is 0 Å². The molecule has 1 aliphatic rings. The lowest BCUT2D eigenvalue weighted by atomic mass is 10.0. The Morgan fingerprint density at radius 1 is 1.20 bits per heavy atom. The molecular formula is C22H19ClN6O. The molecule has 0 aliphatic carbocycles. The van der Waals surface area contributed by atoms with Crippen LogP contribution < -0.4 is 10.6 Å². The highest BCUT2D eigenvalue weighted by Crippen LogP contribution is 2.35. The fourth-order valence-corrected chi connectivity index (χ4v) is 4.22. The molecule has 1 amide bonds. The summed E-state index contributed by atoms with van der Waals surface area (Å²) in [5.41, 5.74) is 11.3. The second-order valence-corrected chi connectivity index (χ2v) is 7.74. The highest BCUT2D eigenvalue weighted by Gasteiger charge is 2.26. The molecule has 30 heavy (non-hydrogen) atoms. The predicted octanol–water partition coefficient (Wildman–Crippen LogP) is 3.40. The first-order valence-corrected chi connectivity index (χ1v) is 10.0. The van der Waals surface area contributed by atoms with E-state index in [-0.39, 0.29) is 12.3 Å². The van der Waals surface area contributed by atoms with Crippen molar-refractivity contribution in [3.8, 4) is 11.3 Å². The van der Waals surface area contributed by atoms with Gasteiger partial charge in [0.25, 0.3) is 0 Å². The lowest BCUT2D eigenvalue weighted by Gasteiger charge is -2.18. The standard InChI is InChI=1S/C22H19ClN6O/c1-28-22-19(21(24)25-12-26-22)20(27-28)15-6-7-17-14(10-15)8-9-29(17)18(30)11-13-4-2-3-5-16(13)23/h2-7,10,12H,8-9,11H2,1H3,(H2,24,25,26). The van der Waals surface area contributed by atoms with Crippen molar-refractivity contribution >= 4 is 40.0 Å². The van der Waals surface area contributed by atoms with E-state index < -0.39 is 0 Å². The van der Waals surface area contributed by atoms with Gasteiger partial charge in [0.2, 0.25) is 5.91 Å². The normalized spacial score (nSPS) is 13.1. The molecule has 0 saturated heterocycles. The summed E-state index contributed by atoms with van der Waals surface area (Å²) in [4.78, 5) is 23.2. The van der Waals surface area contributed by atoms with Gasteiger partial charge in [-0.2, -0.15) is 5.10 Å². The molecule has 150 valence electrons. The number of aromatic nitrogens is 4. The number of benzene rings is 2. The van der Waals surface area contributed by atoms with Gasteiger partial charge in [0, 0.05) is 29.9 Å². The molecule has 0 bridgehead atoms. The number of carbonyl (C=O) groups is 1. The average molecular weight is 419 g/mol. The first-order chi connectivity index (χ1) is 14.5. The summed E-state index contributed by atoms with van der Waals surface area (Å²) in [6.45, 7) is 0.649. The summed E-state index contributed by atoms with van der Waals surface area (Å²) in [5, 5.41) is 5.96. The minimum absolute atomic E-state index is 0.0375. The van der Waals surface area contributed by atoms with Crippen LogP contribution in [0.2, 0.25) is 5.02 Å². The van der Waals surface area contributed by atoms with E-state index in [0.717, 1.165) is 39.9 Å². The smallest absolute Gasteiger partial charge is 0.231 e. The summed E-state index contributed by atoms with van der Waals surface area (Å²) in [5.74, 6) is 0.440. The van der Waals surface area contributed by atoms with Crippen LogP contribution in [0.25, 0.3) is 22.3 Å². The van der Waals surface area contributed by atoms with Crippen LogP contribution in [0, 0.1) is 0 Å². The summed E-state index contributed by atoms with van der Waals surface area (Å²) < 4.78 is 1.70. The third-order valence-electron chi connectivity index (χ3n) is 5.50. The number of hydrogen-bond donors (Lipinski definition) is 1. The van der Waals surface area contributed by atoms with Crippen molar-refractivity contribution in [1.29, 1.82) is 0 Å². The zero-order valence-electron chi connectivity index (χ0n) is 16.3. The van der Waals surface area contributed by atoms with Crippen LogP contribution in [-0.4, -0.2) is 32.2 Å². The second-order valence-electron chi connectivity index (χ2n) is 7.34. The minimum Gasteiger partial charge on any atom is -0.383 e. The Morgan fingerprint density at radius 2 is 2.03 bits per heavy atom. The molecule has 3 heterocycles. The summed E-state index contributed by atoms with van der Waals surface area (Å²) in [6, 6.07) is 13.5. The van der Waals surface area contributed by atoms with E-state index >= 15 is 0 Å². The molecule has 0 atom stereocenters. The number of hydrogen-bond acceptors (Lipinski definition) is 5. The van der Waals surface area contributed by atoms with Crippen molar-refractivity contribution in [2.75, 3.05) is 17.2 Å². The van der Waals surface area contributed by atoms with Gasteiger partial charge in [-0.1, -0.05) is 35.9 Å². The van der Waals surface area contributed by atoms with Crippen LogP contribution in [0.4, 0.5) is 11.5 Å². The molecule has 0 unspecified atom stereocenters. The van der Waals surface area contributed by atoms with E-state index in [1.807, 2.05) is 42.3 Å². The van der Waals surface area contributed by atoms with Crippen molar-refractivity contribution in [2.45, 2.75) is 12.8 Å². The van der Waals surface area contributed by atoms with Crippen molar-refractivity contribution < 1.29 is 4.79 Å². The summed E-state index contributed by atoms with van der Waals surface area (Å²) in [6.07, 6.45) is 2.50. The van der Waals surface area contributed by atoms with Gasteiger partial charge in [0.05, 0.1) is 11.8 Å². The SMILES string of the molecule is Cn1nc(-c2ccc3c(c2)CCN3C(=O)Cc2ccccc2Cl)c2c(N)ncnc21. The zero-order valence-corrected chi connectivity index (χ0v) is 17.1. The number of nitrogen functional groups attached to an aromatic ring is 1. The Balaban J connectivity index is 1.48. The van der Waals surface area contributed by atoms with E-state index in [2.05, 4.69) is 21.1 Å². The zero-order chi connectivity index (χ0) is 20.8. The Labute approximate surface area is 178 Å². The van der Waals surface area contributed by atoms with Crippen LogP contribution in [0.15, 0.2) is 48.8 Å². The molecule has 7 nitrogen and oxygen atoms in total. The monoisotopic (exact) mass is 418 g/mol. The minimum atomic E-state index is 0.0375. The molecule has 0 radical (unpaired) electrons. The molecule has 0 saturated carbocycles. The number of nitrogens with zero attached hydrogens (tertiary/aromatic N) is 5. The number of fused-ring (bicyclic) bond motifs is 2. The maximum atomic E-state index is 12.9. The second kappa shape index (κ2) is 7.11. The summed E-state index contributed by atoms with van der Waals surface area (Å²) >= 11 is 6.23. The van der Waals surface area contributed by atoms with E-state index in [1.54, 1.807) is 10.7 Å². The van der Waals surface area contributed by atoms with Crippen molar-refractivity contribution in [1.82, 2.24) is 19.7 Å². The van der Waals surface area contributed by atoms with Gasteiger partial charge < -0.3 is 10.6 Å². The molecule has 4 aromatic rings. The molecule has 8 heteroatoms. The van der Waals surface area contributed by atoms with Crippen LogP contribution in [0.5, 0.6) is 0 Å². The predicted molar refractivity (Wildman–Crippen MR) is 117 cm³/mol. The molecule has 0 fully saturated rings. The lowest BCUT2D eigenvalue weighted by molar-refractivity contribution is -0.117. The van der Waals surface area contributed by atoms with E-state index in [4.69, 9.17) is 17.3 Å². The van der Waals surface area contributed by atoms with Gasteiger partial charge in [-0.05, 0) is 35.7 Å². The van der Waals surface area contributed by atoms with Gasteiger partial charge in [0.15, 0.2) is 5.65 Å². The molecule has 2 N–H and O–H groups in total. The fourth-order valence-electron chi connectivity index (χ4n) is 4.02. The maximum absolute atomic E-state index is 12.9. The molecule has 5 rings (SSSR count). The third kappa shape index (κ3) is 2.98. The van der Waals surface area contributed by atoms with Crippen LogP contribution in [0.1, 0.15) is 11.1 Å². The first kappa shape index (κ1) is 18.6. The number of amides is 1. The molecular weight excluding hydrogens is 400 g/mol. The number of halogens is 1. The number of nitrogens with two attached hydrogens (primary N) is 1. The fraction of sp³-hybridized carbons (Fsp3) is 0.182. The summed E-state index contributed by atoms with van der Waals surface area (Å²) in [7, 11) is 1.83. The Kier molecular flexibility index (Phi) is 4.40. The molecule has 2 aromatic heterocycles. The topological polar surface area (TPSA) is 89.9 Å². The highest BCUT2D eigenvalue weighted by molar-refractivity contribution is 6.31. The number of rotatable bonds is 3. The number of carbonyl (C=O) groups excluding carboxylic acids is 1. The van der Waals surface area contributed by atoms with Crippen LogP contribution >= 0.6 is 11.6 Å². The first-order valence-electron chi connectivity index (χ1n) is 9.63. The Bertz CT molecular complexity index is 1300. The molecule has 1 aliphatic heterocycles. The van der Waals surface area contributed by atoms with E-state index in [0.29, 0.717) is 23.0 Å². The van der Waals surface area contributed by atoms with Crippen LogP contribution in [0.3, 0.4) is 0 Å². The lowest BCUT2D eigenvalue weighted by Crippen LogP contribution is -2.30. The molecule has 2 aromatic carbocycles.